The molecular weight excluding hydrogens is 380 g/mol. The maximum absolute atomic E-state index is 14.0. The Morgan fingerprint density at radius 2 is 2.04 bits per heavy atom. The van der Waals surface area contributed by atoms with Gasteiger partial charge in [-0.1, -0.05) is 12.1 Å². The number of thiazole rings is 1. The van der Waals surface area contributed by atoms with E-state index < -0.39 is 17.6 Å². The average Bonchev–Trinajstić information content (AvgIpc) is 3.22. The van der Waals surface area contributed by atoms with Crippen LogP contribution in [0.4, 0.5) is 23.2 Å². The molecule has 1 aromatic heterocycles. The SMILES string of the molecule is O=C(CCc1nc2cc(C(F)(F)F)ccc2s1)N1CCc2cccc(F)c21. The predicted molar refractivity (Wildman–Crippen MR) is 95.4 cm³/mol. The van der Waals surface area contributed by atoms with E-state index in [1.807, 2.05) is 0 Å². The second-order valence-electron chi connectivity index (χ2n) is 6.33. The number of aryl methyl sites for hydroxylation is 1. The summed E-state index contributed by atoms with van der Waals surface area (Å²) in [6.45, 7) is 0.434. The van der Waals surface area contributed by atoms with Crippen LogP contribution >= 0.6 is 11.3 Å². The fourth-order valence-corrected chi connectivity index (χ4v) is 4.21. The molecule has 0 aliphatic carbocycles. The number of benzene rings is 2. The number of carbonyl (C=O) groups excluding carboxylic acids is 1. The summed E-state index contributed by atoms with van der Waals surface area (Å²) < 4.78 is 53.1. The summed E-state index contributed by atoms with van der Waals surface area (Å²) in [6.07, 6.45) is -3.37. The quantitative estimate of drug-likeness (QED) is 0.588. The molecule has 0 spiro atoms. The Kier molecular flexibility index (Phi) is 4.38. The molecule has 0 bridgehead atoms. The van der Waals surface area contributed by atoms with Gasteiger partial charge < -0.3 is 4.90 Å². The van der Waals surface area contributed by atoms with Gasteiger partial charge in [-0.2, -0.15) is 13.2 Å². The van der Waals surface area contributed by atoms with Gasteiger partial charge in [-0.15, -0.1) is 11.3 Å². The largest absolute Gasteiger partial charge is 0.416 e. The summed E-state index contributed by atoms with van der Waals surface area (Å²) in [6, 6.07) is 8.20. The number of hydrogen-bond donors (Lipinski definition) is 0. The summed E-state index contributed by atoms with van der Waals surface area (Å²) in [4.78, 5) is 18.2. The molecule has 0 radical (unpaired) electrons. The highest BCUT2D eigenvalue weighted by atomic mass is 32.1. The monoisotopic (exact) mass is 394 g/mol. The van der Waals surface area contributed by atoms with Crippen molar-refractivity contribution in [2.24, 2.45) is 0 Å². The molecule has 0 fully saturated rings. The molecule has 140 valence electrons. The van der Waals surface area contributed by atoms with E-state index in [1.165, 1.54) is 28.4 Å². The van der Waals surface area contributed by atoms with Crippen LogP contribution in [0.3, 0.4) is 0 Å². The van der Waals surface area contributed by atoms with Crippen molar-refractivity contribution in [3.05, 3.63) is 58.3 Å². The first kappa shape index (κ1) is 17.9. The van der Waals surface area contributed by atoms with Gasteiger partial charge in [-0.25, -0.2) is 9.37 Å². The molecule has 0 saturated carbocycles. The highest BCUT2D eigenvalue weighted by Gasteiger charge is 2.31. The summed E-state index contributed by atoms with van der Waals surface area (Å²) in [5, 5.41) is 0.589. The zero-order valence-electron chi connectivity index (χ0n) is 14.0. The van der Waals surface area contributed by atoms with E-state index in [1.54, 1.807) is 12.1 Å². The molecule has 0 atom stereocenters. The summed E-state index contributed by atoms with van der Waals surface area (Å²) >= 11 is 1.27. The summed E-state index contributed by atoms with van der Waals surface area (Å²) in [5.41, 5.74) is 0.673. The minimum Gasteiger partial charge on any atom is -0.309 e. The number of para-hydroxylation sites is 1. The number of hydrogen-bond acceptors (Lipinski definition) is 3. The van der Waals surface area contributed by atoms with Gasteiger partial charge in [0.1, 0.15) is 5.82 Å². The highest BCUT2D eigenvalue weighted by molar-refractivity contribution is 7.18. The first-order valence-electron chi connectivity index (χ1n) is 8.37. The molecule has 3 nitrogen and oxygen atoms in total. The lowest BCUT2D eigenvalue weighted by Gasteiger charge is -2.17. The van der Waals surface area contributed by atoms with E-state index in [-0.39, 0.29) is 17.8 Å². The van der Waals surface area contributed by atoms with Crippen LogP contribution in [0, 0.1) is 5.82 Å². The van der Waals surface area contributed by atoms with E-state index in [9.17, 15) is 22.4 Å². The molecule has 1 amide bonds. The number of anilines is 1. The van der Waals surface area contributed by atoms with Crippen LogP contribution in [0.5, 0.6) is 0 Å². The number of halogens is 4. The minimum atomic E-state index is -4.42. The maximum atomic E-state index is 14.0. The first-order valence-corrected chi connectivity index (χ1v) is 9.19. The fourth-order valence-electron chi connectivity index (χ4n) is 3.26. The number of fused-ring (bicyclic) bond motifs is 2. The van der Waals surface area contributed by atoms with Crippen LogP contribution in [-0.4, -0.2) is 17.4 Å². The van der Waals surface area contributed by atoms with Gasteiger partial charge in [-0.05, 0) is 36.2 Å². The van der Waals surface area contributed by atoms with Crippen LogP contribution in [0.15, 0.2) is 36.4 Å². The lowest BCUT2D eigenvalue weighted by Crippen LogP contribution is -2.29. The number of alkyl halides is 3. The predicted octanol–water partition coefficient (Wildman–Crippen LogP) is 4.98. The molecule has 8 heteroatoms. The van der Waals surface area contributed by atoms with E-state index in [4.69, 9.17) is 0 Å². The first-order chi connectivity index (χ1) is 12.8. The van der Waals surface area contributed by atoms with E-state index in [0.717, 1.165) is 17.7 Å². The van der Waals surface area contributed by atoms with Crippen molar-refractivity contribution in [1.29, 1.82) is 0 Å². The lowest BCUT2D eigenvalue weighted by atomic mass is 10.1. The molecule has 0 N–H and O–H groups in total. The van der Waals surface area contributed by atoms with Gasteiger partial charge in [0.2, 0.25) is 5.91 Å². The second-order valence-corrected chi connectivity index (χ2v) is 7.45. The Morgan fingerprint density at radius 3 is 2.81 bits per heavy atom. The van der Waals surface area contributed by atoms with Gasteiger partial charge in [-0.3, -0.25) is 4.79 Å². The van der Waals surface area contributed by atoms with Gasteiger partial charge >= 0.3 is 6.18 Å². The average molecular weight is 394 g/mol. The Hall–Kier alpha value is -2.48. The molecule has 2 heterocycles. The Morgan fingerprint density at radius 1 is 1.22 bits per heavy atom. The van der Waals surface area contributed by atoms with Crippen LogP contribution < -0.4 is 4.90 Å². The van der Waals surface area contributed by atoms with Gasteiger partial charge in [0.25, 0.3) is 0 Å². The minimum absolute atomic E-state index is 0.125. The van der Waals surface area contributed by atoms with E-state index >= 15 is 0 Å². The van der Waals surface area contributed by atoms with Crippen LogP contribution in [0.25, 0.3) is 10.2 Å². The molecule has 4 rings (SSSR count). The normalized spacial score (nSPS) is 14.0. The molecule has 1 aliphatic rings. The van der Waals surface area contributed by atoms with Crippen molar-refractivity contribution in [2.75, 3.05) is 11.4 Å². The Labute approximate surface area is 156 Å². The summed E-state index contributed by atoms with van der Waals surface area (Å²) in [5.74, 6) is -0.632. The van der Waals surface area contributed by atoms with Crippen molar-refractivity contribution >= 4 is 33.1 Å². The third-order valence-electron chi connectivity index (χ3n) is 4.56. The van der Waals surface area contributed by atoms with Crippen LogP contribution in [0.2, 0.25) is 0 Å². The zero-order chi connectivity index (χ0) is 19.2. The second kappa shape index (κ2) is 6.60. The lowest BCUT2D eigenvalue weighted by molar-refractivity contribution is -0.137. The number of nitrogens with zero attached hydrogens (tertiary/aromatic N) is 2. The Balaban J connectivity index is 1.49. The highest BCUT2D eigenvalue weighted by Crippen LogP contribution is 2.34. The molecule has 0 unspecified atom stereocenters. The van der Waals surface area contributed by atoms with Crippen molar-refractivity contribution in [1.82, 2.24) is 4.98 Å². The van der Waals surface area contributed by atoms with Gasteiger partial charge in [0, 0.05) is 19.4 Å². The van der Waals surface area contributed by atoms with E-state index in [2.05, 4.69) is 4.98 Å². The number of aromatic nitrogens is 1. The van der Waals surface area contributed by atoms with Crippen LogP contribution in [0.1, 0.15) is 22.6 Å². The van der Waals surface area contributed by atoms with Crippen molar-refractivity contribution < 1.29 is 22.4 Å². The molecule has 27 heavy (non-hydrogen) atoms. The topological polar surface area (TPSA) is 33.2 Å². The molecule has 0 saturated heterocycles. The van der Waals surface area contributed by atoms with Gasteiger partial charge in [0.15, 0.2) is 0 Å². The number of rotatable bonds is 3. The van der Waals surface area contributed by atoms with Crippen molar-refractivity contribution in [3.8, 4) is 0 Å². The maximum Gasteiger partial charge on any atom is 0.416 e. The molecular formula is C19H14F4N2OS. The molecule has 2 aromatic carbocycles. The molecule has 3 aromatic rings. The Bertz CT molecular complexity index is 1030. The zero-order valence-corrected chi connectivity index (χ0v) is 14.8. The summed E-state index contributed by atoms with van der Waals surface area (Å²) in [7, 11) is 0. The third-order valence-corrected chi connectivity index (χ3v) is 5.65. The smallest absolute Gasteiger partial charge is 0.309 e. The number of carbonyl (C=O) groups is 1. The third kappa shape index (κ3) is 3.41. The van der Waals surface area contributed by atoms with Crippen LogP contribution in [-0.2, 0) is 23.8 Å². The van der Waals surface area contributed by atoms with Gasteiger partial charge in [0.05, 0.1) is 26.5 Å². The van der Waals surface area contributed by atoms with Crippen molar-refractivity contribution in [3.63, 3.8) is 0 Å². The standard InChI is InChI=1S/C19H14F4N2OS/c20-13-3-1-2-11-8-9-25(18(11)13)17(26)7-6-16-24-14-10-12(19(21,22)23)4-5-15(14)27-16/h1-5,10H,6-9H2. The fraction of sp³-hybridized carbons (Fsp3) is 0.263. The van der Waals surface area contributed by atoms with E-state index in [0.29, 0.717) is 34.8 Å². The van der Waals surface area contributed by atoms with Crippen molar-refractivity contribution in [2.45, 2.75) is 25.4 Å². The molecule has 1 aliphatic heterocycles. The number of amides is 1.